The lowest BCUT2D eigenvalue weighted by molar-refractivity contribution is -0.117. The Hall–Kier alpha value is -1.45. The molecule has 1 atom stereocenters. The number of aliphatic imine (C=N–C) groups is 1. The molecule has 2 rings (SSSR count). The zero-order chi connectivity index (χ0) is 11.5. The highest BCUT2D eigenvalue weighted by atomic mass is 79.9. The number of anilines is 1. The van der Waals surface area contributed by atoms with Crippen LogP contribution in [0.4, 0.5) is 5.69 Å². The smallest absolute Gasteiger partial charge is 0.235 e. The standard InChI is InChI=1S/C11H9BrN2O2/c12-9-3-1-2-4-10(9)14-6-8(13-7-15)5-11(14)16/h1-4,8H,5-6H2. The molecule has 1 amide bonds. The average molecular weight is 281 g/mol. The van der Waals surface area contributed by atoms with Gasteiger partial charge in [-0.25, -0.2) is 9.79 Å². The van der Waals surface area contributed by atoms with Crippen LogP contribution in [0, 0.1) is 0 Å². The lowest BCUT2D eigenvalue weighted by Crippen LogP contribution is -2.25. The van der Waals surface area contributed by atoms with Gasteiger partial charge in [0.15, 0.2) is 0 Å². The van der Waals surface area contributed by atoms with Crippen LogP contribution >= 0.6 is 15.9 Å². The molecule has 4 nitrogen and oxygen atoms in total. The molecule has 0 aliphatic carbocycles. The molecule has 1 aromatic carbocycles. The monoisotopic (exact) mass is 280 g/mol. The lowest BCUT2D eigenvalue weighted by atomic mass is 10.3. The van der Waals surface area contributed by atoms with Crippen molar-refractivity contribution in [1.82, 2.24) is 0 Å². The number of nitrogens with zero attached hydrogens (tertiary/aromatic N) is 2. The fourth-order valence-electron chi connectivity index (χ4n) is 1.75. The van der Waals surface area contributed by atoms with Crippen LogP contribution < -0.4 is 4.90 Å². The van der Waals surface area contributed by atoms with Gasteiger partial charge in [0.05, 0.1) is 18.2 Å². The number of amides is 1. The Labute approximate surface area is 101 Å². The number of hydrogen-bond donors (Lipinski definition) is 0. The van der Waals surface area contributed by atoms with E-state index >= 15 is 0 Å². The molecule has 16 heavy (non-hydrogen) atoms. The third-order valence-corrected chi connectivity index (χ3v) is 3.15. The summed E-state index contributed by atoms with van der Waals surface area (Å²) in [5, 5.41) is 0. The molecule has 1 unspecified atom stereocenters. The number of halogens is 1. The fourth-order valence-corrected chi connectivity index (χ4v) is 2.25. The second-order valence-electron chi connectivity index (χ2n) is 3.53. The first-order valence-corrected chi connectivity index (χ1v) is 5.63. The minimum Gasteiger partial charge on any atom is -0.309 e. The van der Waals surface area contributed by atoms with Crippen LogP contribution in [0.3, 0.4) is 0 Å². The van der Waals surface area contributed by atoms with Crippen LogP contribution in [0.25, 0.3) is 0 Å². The third kappa shape index (κ3) is 2.05. The van der Waals surface area contributed by atoms with E-state index in [1.54, 1.807) is 4.90 Å². The van der Waals surface area contributed by atoms with Crippen molar-refractivity contribution in [2.24, 2.45) is 4.99 Å². The molecule has 1 saturated heterocycles. The van der Waals surface area contributed by atoms with E-state index in [1.165, 1.54) is 6.08 Å². The summed E-state index contributed by atoms with van der Waals surface area (Å²) in [5.74, 6) is -0.0177. The number of carbonyl (C=O) groups is 1. The van der Waals surface area contributed by atoms with Crippen LogP contribution in [-0.2, 0) is 9.59 Å². The van der Waals surface area contributed by atoms with Crippen molar-refractivity contribution in [2.75, 3.05) is 11.4 Å². The van der Waals surface area contributed by atoms with Crippen molar-refractivity contribution >= 4 is 33.6 Å². The minimum absolute atomic E-state index is 0.0177. The molecule has 0 bridgehead atoms. The summed E-state index contributed by atoms with van der Waals surface area (Å²) in [6, 6.07) is 7.21. The third-order valence-electron chi connectivity index (χ3n) is 2.48. The van der Waals surface area contributed by atoms with Gasteiger partial charge >= 0.3 is 0 Å². The number of rotatable bonds is 2. The van der Waals surface area contributed by atoms with Crippen LogP contribution in [0.2, 0.25) is 0 Å². The van der Waals surface area contributed by atoms with Crippen LogP contribution in [0.5, 0.6) is 0 Å². The zero-order valence-corrected chi connectivity index (χ0v) is 9.98. The number of isocyanates is 1. The van der Waals surface area contributed by atoms with Crippen molar-refractivity contribution in [3.05, 3.63) is 28.7 Å². The van der Waals surface area contributed by atoms with E-state index in [9.17, 15) is 9.59 Å². The topological polar surface area (TPSA) is 49.7 Å². The highest BCUT2D eigenvalue weighted by molar-refractivity contribution is 9.10. The summed E-state index contributed by atoms with van der Waals surface area (Å²) in [6.45, 7) is 0.441. The van der Waals surface area contributed by atoms with E-state index in [0.717, 1.165) is 10.2 Å². The normalized spacial score (nSPS) is 19.7. The molecule has 0 saturated carbocycles. The highest BCUT2D eigenvalue weighted by Gasteiger charge is 2.31. The van der Waals surface area contributed by atoms with Crippen molar-refractivity contribution in [1.29, 1.82) is 0 Å². The molecule has 0 radical (unpaired) electrons. The van der Waals surface area contributed by atoms with Crippen LogP contribution in [-0.4, -0.2) is 24.6 Å². The molecule has 1 heterocycles. The van der Waals surface area contributed by atoms with Crippen LogP contribution in [0.1, 0.15) is 6.42 Å². The van der Waals surface area contributed by atoms with Crippen LogP contribution in [0.15, 0.2) is 33.7 Å². The second kappa shape index (κ2) is 4.60. The summed E-state index contributed by atoms with van der Waals surface area (Å²) in [5.41, 5.74) is 0.816. The lowest BCUT2D eigenvalue weighted by Gasteiger charge is -2.17. The molecular formula is C11H9BrN2O2. The Morgan fingerprint density at radius 1 is 1.44 bits per heavy atom. The molecule has 1 fully saturated rings. The van der Waals surface area contributed by atoms with E-state index in [2.05, 4.69) is 20.9 Å². The fraction of sp³-hybridized carbons (Fsp3) is 0.273. The molecule has 0 aromatic heterocycles. The number of hydrogen-bond acceptors (Lipinski definition) is 3. The predicted molar refractivity (Wildman–Crippen MR) is 63.0 cm³/mol. The van der Waals surface area contributed by atoms with Gasteiger partial charge in [-0.05, 0) is 28.1 Å². The predicted octanol–water partition coefficient (Wildman–Crippen LogP) is 1.89. The largest absolute Gasteiger partial charge is 0.309 e. The summed E-state index contributed by atoms with van der Waals surface area (Å²) >= 11 is 3.39. The number of carbonyl (C=O) groups excluding carboxylic acids is 2. The molecule has 1 aliphatic heterocycles. The van der Waals surface area contributed by atoms with Gasteiger partial charge in [0, 0.05) is 11.0 Å². The van der Waals surface area contributed by atoms with Gasteiger partial charge in [-0.2, -0.15) is 0 Å². The summed E-state index contributed by atoms with van der Waals surface area (Å²) < 4.78 is 0.860. The SMILES string of the molecule is O=C=NC1CC(=O)N(c2ccccc2Br)C1. The van der Waals surface area contributed by atoms with E-state index in [0.29, 0.717) is 6.54 Å². The van der Waals surface area contributed by atoms with Crippen molar-refractivity contribution in [2.45, 2.75) is 12.5 Å². The van der Waals surface area contributed by atoms with Crippen molar-refractivity contribution in [3.8, 4) is 0 Å². The summed E-state index contributed by atoms with van der Waals surface area (Å²) in [7, 11) is 0. The Morgan fingerprint density at radius 3 is 2.88 bits per heavy atom. The number of benzene rings is 1. The van der Waals surface area contributed by atoms with Crippen molar-refractivity contribution < 1.29 is 9.59 Å². The van der Waals surface area contributed by atoms with Gasteiger partial charge in [-0.3, -0.25) is 4.79 Å². The molecule has 5 heteroatoms. The summed E-state index contributed by atoms with van der Waals surface area (Å²) in [4.78, 5) is 27.1. The van der Waals surface area contributed by atoms with Gasteiger partial charge in [-0.1, -0.05) is 12.1 Å². The highest BCUT2D eigenvalue weighted by Crippen LogP contribution is 2.29. The van der Waals surface area contributed by atoms with Gasteiger partial charge < -0.3 is 4.90 Å². The summed E-state index contributed by atoms with van der Waals surface area (Å²) in [6.07, 6.45) is 1.78. The molecule has 82 valence electrons. The molecule has 1 aliphatic rings. The first-order chi connectivity index (χ1) is 7.72. The van der Waals surface area contributed by atoms with E-state index in [-0.39, 0.29) is 18.4 Å². The van der Waals surface area contributed by atoms with Crippen molar-refractivity contribution in [3.63, 3.8) is 0 Å². The van der Waals surface area contributed by atoms with E-state index < -0.39 is 0 Å². The minimum atomic E-state index is -0.267. The zero-order valence-electron chi connectivity index (χ0n) is 8.39. The second-order valence-corrected chi connectivity index (χ2v) is 4.39. The Balaban J connectivity index is 2.26. The quantitative estimate of drug-likeness (QED) is 0.614. The molecular weight excluding hydrogens is 272 g/mol. The average Bonchev–Trinajstić information content (AvgIpc) is 2.61. The maximum Gasteiger partial charge on any atom is 0.235 e. The van der Waals surface area contributed by atoms with Gasteiger partial charge in [-0.15, -0.1) is 0 Å². The number of para-hydroxylation sites is 1. The Bertz CT molecular complexity index is 469. The molecule has 0 N–H and O–H groups in total. The Morgan fingerprint density at radius 2 is 2.19 bits per heavy atom. The van der Waals surface area contributed by atoms with Gasteiger partial charge in [0.1, 0.15) is 0 Å². The van der Waals surface area contributed by atoms with E-state index in [4.69, 9.17) is 0 Å². The van der Waals surface area contributed by atoms with Gasteiger partial charge in [0.25, 0.3) is 0 Å². The molecule has 0 spiro atoms. The Kier molecular flexibility index (Phi) is 3.17. The maximum atomic E-state index is 11.7. The first kappa shape index (κ1) is 11.0. The van der Waals surface area contributed by atoms with Gasteiger partial charge in [0.2, 0.25) is 12.0 Å². The van der Waals surface area contributed by atoms with E-state index in [1.807, 2.05) is 24.3 Å². The first-order valence-electron chi connectivity index (χ1n) is 4.84. The molecule has 1 aromatic rings. The maximum absolute atomic E-state index is 11.7.